The number of esters is 1. The summed E-state index contributed by atoms with van der Waals surface area (Å²) in [5.41, 5.74) is 2.04. The van der Waals surface area contributed by atoms with E-state index in [0.717, 1.165) is 41.5 Å². The van der Waals surface area contributed by atoms with Crippen molar-refractivity contribution >= 4 is 23.9 Å². The van der Waals surface area contributed by atoms with Crippen LogP contribution in [0.1, 0.15) is 54.4 Å². The molecule has 9 rings (SSSR count). The molecule has 6 fully saturated rings. The van der Waals surface area contributed by atoms with Crippen molar-refractivity contribution in [3.8, 4) is 0 Å². The van der Waals surface area contributed by atoms with Gasteiger partial charge in [0.15, 0.2) is 6.04 Å². The standard InChI is InChI=1S/C42H45N3O9/c46-21-20-43-34(47)18-19-44-40(49)41-24-33-35-36(53-42(52-35,29-10-3-1-4-11-29)30-12-5-2-6-13-30)38(41)54-45(37(41)39(48)51-33)25-28-9-7-8-26(22-28)14-15-27-16-17-31-32(23-27)50-31/h1-15,22,27,31-33,35-38,46H,16-21,23-25H2,(H,43,47)(H,44,49). The fourth-order valence-electron chi connectivity index (χ4n) is 9.26. The lowest BCUT2D eigenvalue weighted by molar-refractivity contribution is -0.213. The Morgan fingerprint density at radius 1 is 0.870 bits per heavy atom. The van der Waals surface area contributed by atoms with Crippen molar-refractivity contribution in [2.24, 2.45) is 11.3 Å². The highest BCUT2D eigenvalue weighted by Crippen LogP contribution is 2.59. The molecule has 0 radical (unpaired) electrons. The fourth-order valence-corrected chi connectivity index (χ4v) is 9.26. The third-order valence-electron chi connectivity index (χ3n) is 11.9. The molecule has 54 heavy (non-hydrogen) atoms. The van der Waals surface area contributed by atoms with Gasteiger partial charge in [0.1, 0.15) is 29.8 Å². The topological polar surface area (TPSA) is 148 Å². The molecule has 2 aliphatic carbocycles. The molecule has 3 aromatic carbocycles. The average Bonchev–Trinajstić information content (AvgIpc) is 3.72. The Bertz CT molecular complexity index is 1870. The maximum Gasteiger partial charge on any atom is 0.327 e. The number of epoxide rings is 1. The van der Waals surface area contributed by atoms with Crippen LogP contribution >= 0.6 is 0 Å². The maximum absolute atomic E-state index is 14.6. The molecule has 12 nitrogen and oxygen atoms in total. The number of fused-ring (bicyclic) bond motifs is 5. The van der Waals surface area contributed by atoms with E-state index >= 15 is 0 Å². The van der Waals surface area contributed by atoms with Crippen LogP contribution in [0.15, 0.2) is 91.0 Å². The zero-order chi connectivity index (χ0) is 36.9. The van der Waals surface area contributed by atoms with Crippen molar-refractivity contribution in [3.05, 3.63) is 113 Å². The van der Waals surface area contributed by atoms with Gasteiger partial charge in [-0.1, -0.05) is 97.1 Å². The van der Waals surface area contributed by atoms with Crippen LogP contribution in [0, 0.1) is 11.3 Å². The zero-order valence-corrected chi connectivity index (χ0v) is 29.9. The Labute approximate surface area is 313 Å². The van der Waals surface area contributed by atoms with Gasteiger partial charge in [0.05, 0.1) is 25.4 Å². The second-order valence-corrected chi connectivity index (χ2v) is 15.2. The lowest BCUT2D eigenvalue weighted by Crippen LogP contribution is -2.69. The fraction of sp³-hybridized carbons (Fsp3) is 0.452. The number of benzene rings is 3. The maximum atomic E-state index is 14.6. The molecule has 6 aliphatic rings. The Hall–Kier alpha value is -4.43. The minimum absolute atomic E-state index is 0.00180. The molecule has 2 amide bonds. The molecule has 0 spiro atoms. The molecule has 4 saturated heterocycles. The summed E-state index contributed by atoms with van der Waals surface area (Å²) in [5, 5.41) is 16.2. The molecule has 4 aliphatic heterocycles. The van der Waals surface area contributed by atoms with E-state index in [1.165, 1.54) is 0 Å². The number of aliphatic hydroxyl groups excluding tert-OH is 1. The summed E-state index contributed by atoms with van der Waals surface area (Å²) in [6.45, 7) is 0.178. The second-order valence-electron chi connectivity index (χ2n) is 15.2. The molecule has 12 heteroatoms. The molecular formula is C42H45N3O9. The first-order chi connectivity index (χ1) is 26.4. The third kappa shape index (κ3) is 6.24. The van der Waals surface area contributed by atoms with Crippen molar-refractivity contribution in [2.75, 3.05) is 19.7 Å². The average molecular weight is 736 g/mol. The van der Waals surface area contributed by atoms with Crippen LogP contribution in [0.4, 0.5) is 0 Å². The molecule has 2 saturated carbocycles. The predicted octanol–water partition coefficient (Wildman–Crippen LogP) is 3.37. The minimum atomic E-state index is -1.41. The van der Waals surface area contributed by atoms with Crippen LogP contribution in [-0.2, 0) is 50.5 Å². The highest BCUT2D eigenvalue weighted by molar-refractivity contribution is 5.94. The van der Waals surface area contributed by atoms with Gasteiger partial charge in [-0.3, -0.25) is 19.2 Å². The lowest BCUT2D eigenvalue weighted by Gasteiger charge is -2.48. The van der Waals surface area contributed by atoms with Crippen LogP contribution in [-0.4, -0.2) is 90.3 Å². The Morgan fingerprint density at radius 2 is 1.63 bits per heavy atom. The van der Waals surface area contributed by atoms with E-state index in [2.05, 4.69) is 34.9 Å². The molecule has 2 bridgehead atoms. The first kappa shape index (κ1) is 35.3. The van der Waals surface area contributed by atoms with Gasteiger partial charge in [0.25, 0.3) is 0 Å². The van der Waals surface area contributed by atoms with Gasteiger partial charge in [0.2, 0.25) is 17.6 Å². The van der Waals surface area contributed by atoms with Gasteiger partial charge in [-0.2, -0.15) is 5.06 Å². The smallest absolute Gasteiger partial charge is 0.327 e. The molecule has 9 atom stereocenters. The molecule has 3 aromatic rings. The molecule has 4 heterocycles. The number of carbonyl (C=O) groups is 3. The highest BCUT2D eigenvalue weighted by Gasteiger charge is 2.76. The zero-order valence-electron chi connectivity index (χ0n) is 29.9. The molecule has 3 N–H and O–H groups in total. The van der Waals surface area contributed by atoms with Crippen molar-refractivity contribution in [1.29, 1.82) is 0 Å². The third-order valence-corrected chi connectivity index (χ3v) is 11.9. The summed E-state index contributed by atoms with van der Waals surface area (Å²) in [6, 6.07) is 26.2. The van der Waals surface area contributed by atoms with E-state index in [1.807, 2.05) is 72.8 Å². The van der Waals surface area contributed by atoms with Gasteiger partial charge in [-0.15, -0.1) is 0 Å². The summed E-state index contributed by atoms with van der Waals surface area (Å²) in [5.74, 6) is -2.17. The van der Waals surface area contributed by atoms with Gasteiger partial charge in [-0.05, 0) is 36.3 Å². The highest BCUT2D eigenvalue weighted by atomic mass is 16.8. The first-order valence-electron chi connectivity index (χ1n) is 19.1. The number of hydroxylamine groups is 2. The molecule has 0 aromatic heterocycles. The largest absolute Gasteiger partial charge is 0.458 e. The van der Waals surface area contributed by atoms with Gasteiger partial charge >= 0.3 is 5.97 Å². The molecule has 282 valence electrons. The summed E-state index contributed by atoms with van der Waals surface area (Å²) in [6.07, 6.45) is 5.43. The number of hydrogen-bond donors (Lipinski definition) is 3. The molecular weight excluding hydrogens is 690 g/mol. The van der Waals surface area contributed by atoms with E-state index < -0.39 is 53.5 Å². The van der Waals surface area contributed by atoms with E-state index in [-0.39, 0.29) is 45.0 Å². The van der Waals surface area contributed by atoms with Crippen molar-refractivity contribution in [2.45, 2.75) is 87.1 Å². The SMILES string of the molecule is O=C(CCNC(=O)C12CC3OC(=O)C1N(Cc1cccc(C=CC4CCC5OC5C4)c1)OC2C1OC(c2ccccc2)(c2ccccc2)OC31)NCCO. The number of nitrogens with zero attached hydrogens (tertiary/aromatic N) is 1. The number of ether oxygens (including phenoxy) is 4. The van der Waals surface area contributed by atoms with Crippen molar-refractivity contribution in [3.63, 3.8) is 0 Å². The van der Waals surface area contributed by atoms with Crippen molar-refractivity contribution in [1.82, 2.24) is 15.7 Å². The van der Waals surface area contributed by atoms with Crippen LogP contribution in [0.2, 0.25) is 0 Å². The number of hydrogen-bond acceptors (Lipinski definition) is 10. The predicted molar refractivity (Wildman–Crippen MR) is 194 cm³/mol. The summed E-state index contributed by atoms with van der Waals surface area (Å²) >= 11 is 0. The van der Waals surface area contributed by atoms with Crippen LogP contribution in [0.25, 0.3) is 6.08 Å². The Kier molecular flexibility index (Phi) is 9.36. The van der Waals surface area contributed by atoms with Crippen LogP contribution < -0.4 is 10.6 Å². The molecule has 9 unspecified atom stereocenters. The summed E-state index contributed by atoms with van der Waals surface area (Å²) < 4.78 is 25.9. The minimum Gasteiger partial charge on any atom is -0.458 e. The summed E-state index contributed by atoms with van der Waals surface area (Å²) in [7, 11) is 0. The van der Waals surface area contributed by atoms with Gasteiger partial charge < -0.3 is 34.7 Å². The number of allylic oxidation sites excluding steroid dienone is 1. The second kappa shape index (κ2) is 14.3. The van der Waals surface area contributed by atoms with Gasteiger partial charge in [-0.25, -0.2) is 0 Å². The number of rotatable bonds is 12. The number of carbonyl (C=O) groups excluding carboxylic acids is 3. The van der Waals surface area contributed by atoms with Gasteiger partial charge in [0, 0.05) is 37.1 Å². The Morgan fingerprint density at radius 3 is 2.37 bits per heavy atom. The number of nitrogens with one attached hydrogen (secondary N) is 2. The number of amides is 2. The van der Waals surface area contributed by atoms with Crippen molar-refractivity contribution < 1.29 is 43.3 Å². The quantitative estimate of drug-likeness (QED) is 0.187. The lowest BCUT2D eigenvalue weighted by atomic mass is 9.62. The van der Waals surface area contributed by atoms with Crippen LogP contribution in [0.5, 0.6) is 0 Å². The van der Waals surface area contributed by atoms with E-state index in [1.54, 1.807) is 5.06 Å². The van der Waals surface area contributed by atoms with E-state index in [0.29, 0.717) is 18.1 Å². The first-order valence-corrected chi connectivity index (χ1v) is 19.1. The van der Waals surface area contributed by atoms with Crippen LogP contribution in [0.3, 0.4) is 0 Å². The normalized spacial score (nSPS) is 33.1. The number of aliphatic hydroxyl groups is 1. The Balaban J connectivity index is 1.04. The summed E-state index contributed by atoms with van der Waals surface area (Å²) in [4.78, 5) is 48.0. The van der Waals surface area contributed by atoms with E-state index in [9.17, 15) is 14.4 Å². The monoisotopic (exact) mass is 735 g/mol. The van der Waals surface area contributed by atoms with E-state index in [4.69, 9.17) is 28.9 Å².